The van der Waals surface area contributed by atoms with E-state index in [-0.39, 0.29) is 24.5 Å². The van der Waals surface area contributed by atoms with E-state index in [0.29, 0.717) is 23.6 Å². The molecule has 1 N–H and O–H groups in total. The van der Waals surface area contributed by atoms with Gasteiger partial charge in [-0.3, -0.25) is 29.0 Å². The van der Waals surface area contributed by atoms with Crippen molar-refractivity contribution >= 4 is 40.6 Å². The molecule has 0 saturated carbocycles. The molecule has 1 atom stereocenters. The van der Waals surface area contributed by atoms with E-state index < -0.39 is 22.8 Å². The molecule has 0 spiro atoms. The lowest BCUT2D eigenvalue weighted by Gasteiger charge is -2.29. The molecule has 4 rings (SSSR count). The van der Waals surface area contributed by atoms with E-state index in [9.17, 15) is 19.7 Å². The molecule has 0 radical (unpaired) electrons. The molecular formula is C20H20N6O5S. The fourth-order valence-corrected chi connectivity index (χ4v) is 3.93. The molecule has 11 nitrogen and oxygen atoms in total. The zero-order valence-electron chi connectivity index (χ0n) is 17.1. The molecule has 0 aliphatic carbocycles. The van der Waals surface area contributed by atoms with Gasteiger partial charge in [0.05, 0.1) is 16.7 Å². The van der Waals surface area contributed by atoms with Crippen molar-refractivity contribution in [3.05, 3.63) is 58.5 Å². The summed E-state index contributed by atoms with van der Waals surface area (Å²) in [6.45, 7) is -0.550. The van der Waals surface area contributed by atoms with Crippen LogP contribution < -0.4 is 15.0 Å². The summed E-state index contributed by atoms with van der Waals surface area (Å²) in [5, 5.41) is 22.5. The van der Waals surface area contributed by atoms with Crippen molar-refractivity contribution in [2.24, 2.45) is 0 Å². The minimum Gasteiger partial charge on any atom is -0.482 e. The highest BCUT2D eigenvalue weighted by Gasteiger charge is 2.30. The van der Waals surface area contributed by atoms with Crippen molar-refractivity contribution in [1.82, 2.24) is 19.9 Å². The summed E-state index contributed by atoms with van der Waals surface area (Å²) in [5.41, 5.74) is 0.662. The lowest BCUT2D eigenvalue weighted by atomic mass is 10.2. The van der Waals surface area contributed by atoms with Gasteiger partial charge in [0.1, 0.15) is 12.3 Å². The maximum atomic E-state index is 12.9. The van der Waals surface area contributed by atoms with Gasteiger partial charge in [0, 0.05) is 18.3 Å². The number of ether oxygens (including phenoxy) is 1. The molecule has 32 heavy (non-hydrogen) atoms. The Hall–Kier alpha value is -3.67. The number of rotatable bonds is 8. The van der Waals surface area contributed by atoms with E-state index in [1.807, 2.05) is 35.1 Å². The number of nitro groups is 1. The van der Waals surface area contributed by atoms with Crippen molar-refractivity contribution < 1.29 is 19.2 Å². The molecule has 12 heteroatoms. The van der Waals surface area contributed by atoms with Crippen LogP contribution in [-0.4, -0.2) is 56.5 Å². The molecule has 2 amide bonds. The summed E-state index contributed by atoms with van der Waals surface area (Å²) in [5.74, 6) is 0.800. The van der Waals surface area contributed by atoms with Gasteiger partial charge < -0.3 is 10.1 Å². The molecular weight excluding hydrogens is 436 g/mol. The number of nitrogens with zero attached hydrogens (tertiary/aromatic N) is 5. The van der Waals surface area contributed by atoms with Crippen molar-refractivity contribution in [2.75, 3.05) is 30.1 Å². The van der Waals surface area contributed by atoms with Gasteiger partial charge in [-0.2, -0.15) is 11.8 Å². The number of carbonyl (C=O) groups is 2. The molecule has 0 fully saturated rings. The smallest absolute Gasteiger partial charge is 0.271 e. The third-order valence-electron chi connectivity index (χ3n) is 5.00. The number of nitro benzene ring substituents is 1. The summed E-state index contributed by atoms with van der Waals surface area (Å²) in [6.07, 6.45) is 4.41. The van der Waals surface area contributed by atoms with Crippen molar-refractivity contribution in [2.45, 2.75) is 12.5 Å². The number of nitrogens with one attached hydrogen (secondary N) is 1. The Morgan fingerprint density at radius 1 is 1.34 bits per heavy atom. The molecule has 1 unspecified atom stereocenters. The van der Waals surface area contributed by atoms with Crippen LogP contribution in [0.2, 0.25) is 0 Å². The second-order valence-electron chi connectivity index (χ2n) is 7.07. The summed E-state index contributed by atoms with van der Waals surface area (Å²) in [7, 11) is 0. The first-order valence-corrected chi connectivity index (χ1v) is 11.2. The molecule has 3 heterocycles. The molecule has 3 aromatic rings. The lowest BCUT2D eigenvalue weighted by molar-refractivity contribution is -0.384. The van der Waals surface area contributed by atoms with Crippen LogP contribution in [-0.2, 0) is 9.59 Å². The van der Waals surface area contributed by atoms with Crippen LogP contribution >= 0.6 is 11.8 Å². The largest absolute Gasteiger partial charge is 0.482 e. The van der Waals surface area contributed by atoms with Crippen LogP contribution in [0.5, 0.6) is 5.75 Å². The number of anilines is 1. The van der Waals surface area contributed by atoms with Crippen LogP contribution in [0.3, 0.4) is 0 Å². The molecule has 1 aliphatic rings. The highest BCUT2D eigenvalue weighted by atomic mass is 32.2. The van der Waals surface area contributed by atoms with E-state index in [2.05, 4.69) is 15.5 Å². The Morgan fingerprint density at radius 2 is 2.19 bits per heavy atom. The van der Waals surface area contributed by atoms with Crippen LogP contribution in [0.15, 0.2) is 42.6 Å². The highest BCUT2D eigenvalue weighted by molar-refractivity contribution is 7.98. The van der Waals surface area contributed by atoms with Gasteiger partial charge in [-0.15, -0.1) is 10.2 Å². The topological polar surface area (TPSA) is 132 Å². The second-order valence-corrected chi connectivity index (χ2v) is 8.05. The van der Waals surface area contributed by atoms with Crippen LogP contribution in [0, 0.1) is 10.1 Å². The van der Waals surface area contributed by atoms with E-state index >= 15 is 0 Å². The quantitative estimate of drug-likeness (QED) is 0.402. The Morgan fingerprint density at radius 3 is 2.97 bits per heavy atom. The first-order chi connectivity index (χ1) is 15.5. The third kappa shape index (κ3) is 4.35. The number of thioether (sulfide) groups is 1. The molecule has 0 saturated heterocycles. The summed E-state index contributed by atoms with van der Waals surface area (Å²) >= 11 is 1.64. The summed E-state index contributed by atoms with van der Waals surface area (Å²) in [6, 6.07) is 9.05. The van der Waals surface area contributed by atoms with Gasteiger partial charge in [-0.25, -0.2) is 0 Å². The predicted octanol–water partition coefficient (Wildman–Crippen LogP) is 1.97. The van der Waals surface area contributed by atoms with E-state index in [0.717, 1.165) is 5.75 Å². The van der Waals surface area contributed by atoms with Crippen molar-refractivity contribution in [3.8, 4) is 5.75 Å². The zero-order valence-corrected chi connectivity index (χ0v) is 17.9. The minimum absolute atomic E-state index is 0.194. The molecule has 2 aromatic heterocycles. The monoisotopic (exact) mass is 456 g/mol. The number of pyridine rings is 1. The van der Waals surface area contributed by atoms with E-state index in [1.165, 1.54) is 23.1 Å². The van der Waals surface area contributed by atoms with Crippen molar-refractivity contribution in [1.29, 1.82) is 0 Å². The van der Waals surface area contributed by atoms with Crippen LogP contribution in [0.25, 0.3) is 5.65 Å². The summed E-state index contributed by atoms with van der Waals surface area (Å²) < 4.78 is 7.16. The molecule has 0 bridgehead atoms. The number of fused-ring (bicyclic) bond motifs is 2. The minimum atomic E-state index is -0.563. The van der Waals surface area contributed by atoms with Gasteiger partial charge in [0.15, 0.2) is 18.1 Å². The maximum Gasteiger partial charge on any atom is 0.271 e. The number of benzene rings is 1. The average molecular weight is 456 g/mol. The van der Waals surface area contributed by atoms with Gasteiger partial charge in [-0.05, 0) is 36.6 Å². The lowest BCUT2D eigenvalue weighted by Crippen LogP contribution is -2.46. The number of hydrogen-bond donors (Lipinski definition) is 1. The van der Waals surface area contributed by atoms with Crippen LogP contribution in [0.4, 0.5) is 11.4 Å². The fourth-order valence-electron chi connectivity index (χ4n) is 3.46. The number of non-ortho nitro benzene ring substituents is 1. The van der Waals surface area contributed by atoms with E-state index in [4.69, 9.17) is 4.74 Å². The Bertz CT molecular complexity index is 1180. The average Bonchev–Trinajstić information content (AvgIpc) is 3.22. The Labute approximate surface area is 186 Å². The normalized spacial score (nSPS) is 14.0. The van der Waals surface area contributed by atoms with Gasteiger partial charge >= 0.3 is 0 Å². The van der Waals surface area contributed by atoms with Gasteiger partial charge in [0.2, 0.25) is 5.91 Å². The number of aromatic nitrogens is 3. The SMILES string of the molecule is CSCCC(NC(=O)CN1C(=O)COc2ccc([N+](=O)[O-])cc21)c1nnc2ccccn12. The number of carbonyl (C=O) groups excluding carboxylic acids is 2. The first-order valence-electron chi connectivity index (χ1n) is 9.77. The van der Waals surface area contributed by atoms with E-state index in [1.54, 1.807) is 11.8 Å². The fraction of sp³-hybridized carbons (Fsp3) is 0.300. The first kappa shape index (κ1) is 21.6. The predicted molar refractivity (Wildman–Crippen MR) is 118 cm³/mol. The Kier molecular flexibility index (Phi) is 6.21. The zero-order chi connectivity index (χ0) is 22.7. The maximum absolute atomic E-state index is 12.9. The van der Waals surface area contributed by atoms with Gasteiger partial charge in [-0.1, -0.05) is 6.07 Å². The number of hydrogen-bond acceptors (Lipinski definition) is 8. The molecule has 1 aliphatic heterocycles. The Balaban J connectivity index is 1.57. The number of amides is 2. The second kappa shape index (κ2) is 9.22. The molecule has 166 valence electrons. The molecule has 1 aromatic carbocycles. The highest BCUT2D eigenvalue weighted by Crippen LogP contribution is 2.35. The summed E-state index contributed by atoms with van der Waals surface area (Å²) in [4.78, 5) is 37.2. The van der Waals surface area contributed by atoms with Crippen LogP contribution in [0.1, 0.15) is 18.3 Å². The van der Waals surface area contributed by atoms with Crippen molar-refractivity contribution in [3.63, 3.8) is 0 Å². The van der Waals surface area contributed by atoms with Gasteiger partial charge in [0.25, 0.3) is 11.6 Å². The third-order valence-corrected chi connectivity index (χ3v) is 5.64. The standard InChI is InChI=1S/C20H20N6O5S/c1-32-9-7-14(20-23-22-17-4-2-3-8-24(17)20)21-18(27)11-25-15-10-13(26(29)30)5-6-16(15)31-12-19(25)28/h2-6,8,10,14H,7,9,11-12H2,1H3,(H,21,27).